The molecule has 2 atom stereocenters. The number of alkyl carbamates (subject to hydrolysis) is 1. The molecule has 2 saturated heterocycles. The second-order valence-electron chi connectivity index (χ2n) is 11.2. The standard InChI is InChI=1S/C32H33N5O10S/c1-45-27-12-6-23(7-13-27)20-48-28-14-29(35(17-28)32(40)47-19-22-4-10-26(11-5-22)37(43)44)30(38)34-15-24(16-34)33-31(39)46-18-21-2-8-25(9-3-21)36(41)42/h2-13,24,28-29H,14-20H2,1H3,(H,33,39)/t28-,29-/m0/s1. The van der Waals surface area contributed by atoms with Gasteiger partial charge in [-0.1, -0.05) is 12.1 Å². The molecule has 15 nitrogen and oxygen atoms in total. The number of nitro groups is 2. The Morgan fingerprint density at radius 3 is 1.90 bits per heavy atom. The van der Waals surface area contributed by atoms with Gasteiger partial charge in [-0.25, -0.2) is 9.59 Å². The van der Waals surface area contributed by atoms with E-state index in [4.69, 9.17) is 14.2 Å². The van der Waals surface area contributed by atoms with Crippen molar-refractivity contribution in [2.75, 3.05) is 26.7 Å². The molecule has 5 rings (SSSR count). The summed E-state index contributed by atoms with van der Waals surface area (Å²) in [6.07, 6.45) is -0.930. The highest BCUT2D eigenvalue weighted by Crippen LogP contribution is 2.33. The molecule has 3 aromatic rings. The second kappa shape index (κ2) is 15.5. The van der Waals surface area contributed by atoms with Gasteiger partial charge in [0, 0.05) is 54.9 Å². The van der Waals surface area contributed by atoms with Crippen molar-refractivity contribution >= 4 is 41.2 Å². The van der Waals surface area contributed by atoms with Crippen molar-refractivity contribution in [1.82, 2.24) is 15.1 Å². The summed E-state index contributed by atoms with van der Waals surface area (Å²) in [5.41, 5.74) is 2.08. The zero-order valence-corrected chi connectivity index (χ0v) is 26.7. The number of rotatable bonds is 12. The van der Waals surface area contributed by atoms with Crippen molar-refractivity contribution in [3.63, 3.8) is 0 Å². The van der Waals surface area contributed by atoms with E-state index in [2.05, 4.69) is 5.32 Å². The average Bonchev–Trinajstić information content (AvgIpc) is 3.51. The van der Waals surface area contributed by atoms with Gasteiger partial charge in [-0.05, 0) is 59.5 Å². The van der Waals surface area contributed by atoms with Gasteiger partial charge in [-0.15, -0.1) is 0 Å². The van der Waals surface area contributed by atoms with Gasteiger partial charge in [-0.2, -0.15) is 11.8 Å². The van der Waals surface area contributed by atoms with Gasteiger partial charge in [-0.3, -0.25) is 29.9 Å². The predicted octanol–water partition coefficient (Wildman–Crippen LogP) is 4.66. The maximum Gasteiger partial charge on any atom is 0.410 e. The third kappa shape index (κ3) is 8.70. The minimum Gasteiger partial charge on any atom is -0.497 e. The van der Waals surface area contributed by atoms with Crippen molar-refractivity contribution < 1.29 is 38.4 Å². The van der Waals surface area contributed by atoms with E-state index in [1.165, 1.54) is 53.4 Å². The van der Waals surface area contributed by atoms with Crippen LogP contribution < -0.4 is 10.1 Å². The lowest BCUT2D eigenvalue weighted by Gasteiger charge is -2.41. The van der Waals surface area contributed by atoms with Gasteiger partial charge in [0.05, 0.1) is 23.0 Å². The molecule has 0 unspecified atom stereocenters. The van der Waals surface area contributed by atoms with Crippen LogP contribution in [0.15, 0.2) is 72.8 Å². The van der Waals surface area contributed by atoms with Crippen molar-refractivity contribution in [1.29, 1.82) is 0 Å². The van der Waals surface area contributed by atoms with Crippen LogP contribution in [0.25, 0.3) is 0 Å². The Morgan fingerprint density at radius 1 is 0.812 bits per heavy atom. The Hall–Kier alpha value is -5.38. The molecule has 48 heavy (non-hydrogen) atoms. The van der Waals surface area contributed by atoms with Crippen molar-refractivity contribution in [2.45, 2.75) is 42.7 Å². The van der Waals surface area contributed by atoms with Gasteiger partial charge in [0.25, 0.3) is 11.4 Å². The maximum atomic E-state index is 13.6. The molecule has 2 fully saturated rings. The number of amides is 3. The minimum atomic E-state index is -0.766. The maximum absolute atomic E-state index is 13.6. The van der Waals surface area contributed by atoms with Crippen LogP contribution in [0.4, 0.5) is 21.0 Å². The Kier molecular flexibility index (Phi) is 10.9. The summed E-state index contributed by atoms with van der Waals surface area (Å²) in [6, 6.07) is 17.9. The van der Waals surface area contributed by atoms with Crippen LogP contribution in [0, 0.1) is 20.2 Å². The third-order valence-corrected chi connectivity index (χ3v) is 9.28. The molecule has 3 amide bonds. The quantitative estimate of drug-likeness (QED) is 0.207. The number of nitrogens with zero attached hydrogens (tertiary/aromatic N) is 4. The van der Waals surface area contributed by atoms with Crippen molar-refractivity contribution in [3.05, 3.63) is 110 Å². The van der Waals surface area contributed by atoms with E-state index in [1.54, 1.807) is 23.8 Å². The second-order valence-corrected chi connectivity index (χ2v) is 12.5. The number of nitrogens with one attached hydrogen (secondary N) is 1. The number of benzene rings is 3. The predicted molar refractivity (Wildman–Crippen MR) is 173 cm³/mol. The Bertz CT molecular complexity index is 1630. The van der Waals surface area contributed by atoms with Crippen LogP contribution in [-0.2, 0) is 33.2 Å². The largest absolute Gasteiger partial charge is 0.497 e. The van der Waals surface area contributed by atoms with Crippen molar-refractivity contribution in [3.8, 4) is 5.75 Å². The molecular formula is C32H33N5O10S. The number of nitro benzene ring substituents is 2. The van der Waals surface area contributed by atoms with Gasteiger partial charge in [0.1, 0.15) is 25.0 Å². The van der Waals surface area contributed by atoms with Gasteiger partial charge in [0.2, 0.25) is 5.91 Å². The molecule has 0 aliphatic carbocycles. The fraction of sp³-hybridized carbons (Fsp3) is 0.344. The number of ether oxygens (including phenoxy) is 3. The first-order valence-corrected chi connectivity index (χ1v) is 16.0. The van der Waals surface area contributed by atoms with E-state index in [1.807, 2.05) is 24.3 Å². The summed E-state index contributed by atoms with van der Waals surface area (Å²) < 4.78 is 16.0. The lowest BCUT2D eigenvalue weighted by Crippen LogP contribution is -2.64. The number of hydrogen-bond acceptors (Lipinski definition) is 11. The highest BCUT2D eigenvalue weighted by molar-refractivity contribution is 7.99. The molecule has 16 heteroatoms. The molecule has 0 spiro atoms. The number of thioether (sulfide) groups is 1. The molecule has 1 N–H and O–H groups in total. The lowest BCUT2D eigenvalue weighted by atomic mass is 10.1. The molecule has 0 bridgehead atoms. The van der Waals surface area contributed by atoms with Crippen molar-refractivity contribution in [2.24, 2.45) is 0 Å². The fourth-order valence-electron chi connectivity index (χ4n) is 5.26. The summed E-state index contributed by atoms with van der Waals surface area (Å²) in [6.45, 7) is 0.568. The summed E-state index contributed by atoms with van der Waals surface area (Å²) >= 11 is 1.63. The first-order chi connectivity index (χ1) is 23.1. The van der Waals surface area contributed by atoms with Crippen LogP contribution in [0.1, 0.15) is 23.1 Å². The number of methoxy groups -OCH3 is 1. The van der Waals surface area contributed by atoms with Gasteiger partial charge < -0.3 is 24.4 Å². The lowest BCUT2D eigenvalue weighted by molar-refractivity contribution is -0.385. The van der Waals surface area contributed by atoms with Crippen LogP contribution in [0.3, 0.4) is 0 Å². The molecule has 252 valence electrons. The smallest absolute Gasteiger partial charge is 0.410 e. The fourth-order valence-corrected chi connectivity index (χ4v) is 6.47. The highest BCUT2D eigenvalue weighted by Gasteiger charge is 2.45. The zero-order chi connectivity index (χ0) is 34.2. The molecule has 2 aliphatic heterocycles. The van der Waals surface area contributed by atoms with E-state index in [0.717, 1.165) is 11.3 Å². The molecule has 0 saturated carbocycles. The Balaban J connectivity index is 1.15. The van der Waals surface area contributed by atoms with E-state index in [9.17, 15) is 34.6 Å². The third-order valence-electron chi connectivity index (χ3n) is 7.97. The Morgan fingerprint density at radius 2 is 1.35 bits per heavy atom. The van der Waals surface area contributed by atoms with E-state index < -0.39 is 28.1 Å². The van der Waals surface area contributed by atoms with Gasteiger partial charge in [0.15, 0.2) is 0 Å². The number of carbonyl (C=O) groups is 3. The first-order valence-electron chi connectivity index (χ1n) is 15.0. The summed E-state index contributed by atoms with van der Waals surface area (Å²) in [5, 5.41) is 24.4. The number of hydrogen-bond donors (Lipinski definition) is 1. The molecule has 3 aromatic carbocycles. The summed E-state index contributed by atoms with van der Waals surface area (Å²) in [5.74, 6) is 1.16. The van der Waals surface area contributed by atoms with Crippen LogP contribution in [0.2, 0.25) is 0 Å². The molecule has 0 radical (unpaired) electrons. The molecule has 2 heterocycles. The summed E-state index contributed by atoms with van der Waals surface area (Å²) in [7, 11) is 1.60. The summed E-state index contributed by atoms with van der Waals surface area (Å²) in [4.78, 5) is 62.9. The molecule has 0 aromatic heterocycles. The van der Waals surface area contributed by atoms with Crippen LogP contribution in [0.5, 0.6) is 5.75 Å². The number of likely N-dealkylation sites (tertiary alicyclic amines) is 2. The van der Waals surface area contributed by atoms with Crippen LogP contribution >= 0.6 is 11.8 Å². The SMILES string of the molecule is COc1ccc(CS[C@H]2C[C@@H](C(=O)N3CC(NC(=O)OCc4ccc([N+](=O)[O-])cc4)C3)N(C(=O)OCc3ccc([N+](=O)[O-])cc3)C2)cc1. The van der Waals surface area contributed by atoms with E-state index in [0.29, 0.717) is 29.8 Å². The topological polar surface area (TPSA) is 184 Å². The minimum absolute atomic E-state index is 0.0439. The highest BCUT2D eigenvalue weighted by atomic mass is 32.2. The Labute approximate surface area is 279 Å². The first kappa shape index (κ1) is 34.0. The normalized spacial score (nSPS) is 17.3. The van der Waals surface area contributed by atoms with E-state index >= 15 is 0 Å². The number of carbonyl (C=O) groups excluding carboxylic acids is 3. The number of non-ortho nitro benzene ring substituents is 2. The molecule has 2 aliphatic rings. The zero-order valence-electron chi connectivity index (χ0n) is 25.9. The molecular weight excluding hydrogens is 646 g/mol. The van der Waals surface area contributed by atoms with Gasteiger partial charge >= 0.3 is 12.2 Å². The van der Waals surface area contributed by atoms with Crippen LogP contribution in [-0.4, -0.2) is 81.8 Å². The monoisotopic (exact) mass is 679 g/mol. The average molecular weight is 680 g/mol. The van der Waals surface area contributed by atoms with E-state index in [-0.39, 0.29) is 54.9 Å².